The number of halogens is 1. The molecule has 2 atom stereocenters. The van der Waals surface area contributed by atoms with Crippen LogP contribution in [-0.2, 0) is 21.2 Å². The maximum absolute atomic E-state index is 14.4. The first kappa shape index (κ1) is 26.3. The van der Waals surface area contributed by atoms with E-state index in [1.165, 1.54) is 11.6 Å². The summed E-state index contributed by atoms with van der Waals surface area (Å²) in [5.41, 5.74) is 2.54. The minimum atomic E-state index is -3.85. The Balaban J connectivity index is 1.53. The number of ether oxygens (including phenoxy) is 1. The normalized spacial score (nSPS) is 23.4. The number of aliphatic imine (C=N–C) groups is 1. The van der Waals surface area contributed by atoms with E-state index < -0.39 is 32.7 Å². The molecule has 0 saturated carbocycles. The zero-order chi connectivity index (χ0) is 25.9. The number of hydrogen-bond acceptors (Lipinski definition) is 6. The van der Waals surface area contributed by atoms with Crippen LogP contribution in [0.5, 0.6) is 0 Å². The summed E-state index contributed by atoms with van der Waals surface area (Å²) in [6, 6.07) is 13.2. The number of nitrogens with zero attached hydrogens (tertiary/aromatic N) is 2. The van der Waals surface area contributed by atoms with Gasteiger partial charge in [-0.05, 0) is 62.9 Å². The maximum atomic E-state index is 14.4. The molecule has 2 unspecified atom stereocenters. The average molecular weight is 516 g/mol. The smallest absolute Gasteiger partial charge is 0.299 e. The molecule has 2 aliphatic rings. The lowest BCUT2D eigenvalue weighted by Gasteiger charge is -2.39. The second-order valence-electron chi connectivity index (χ2n) is 9.97. The zero-order valence-corrected chi connectivity index (χ0v) is 21.8. The fraction of sp³-hybridized carbons (Fsp3) is 0.444. The quantitative estimate of drug-likeness (QED) is 0.587. The van der Waals surface area contributed by atoms with Crippen LogP contribution in [0.2, 0.25) is 0 Å². The molecule has 36 heavy (non-hydrogen) atoms. The third kappa shape index (κ3) is 5.96. The minimum absolute atomic E-state index is 0.123. The van der Waals surface area contributed by atoms with Gasteiger partial charge in [0.1, 0.15) is 16.7 Å². The Kier molecular flexibility index (Phi) is 7.82. The van der Waals surface area contributed by atoms with Crippen molar-refractivity contribution in [2.75, 3.05) is 26.7 Å². The minimum Gasteiger partial charge on any atom is -0.457 e. The van der Waals surface area contributed by atoms with Crippen molar-refractivity contribution in [2.24, 2.45) is 4.99 Å². The van der Waals surface area contributed by atoms with Gasteiger partial charge in [-0.1, -0.05) is 48.5 Å². The third-order valence-corrected chi connectivity index (χ3v) is 8.78. The molecule has 2 aromatic rings. The summed E-state index contributed by atoms with van der Waals surface area (Å²) in [4.78, 5) is 6.62. The molecule has 0 radical (unpaired) electrons. The number of nitrogens with one attached hydrogen (secondary N) is 1. The highest BCUT2D eigenvalue weighted by molar-refractivity contribution is 7.90. The summed E-state index contributed by atoms with van der Waals surface area (Å²) >= 11 is 0. The average Bonchev–Trinajstić information content (AvgIpc) is 2.82. The van der Waals surface area contributed by atoms with Gasteiger partial charge in [-0.3, -0.25) is 0 Å². The monoisotopic (exact) mass is 515 g/mol. The van der Waals surface area contributed by atoms with E-state index in [1.54, 1.807) is 32.0 Å². The van der Waals surface area contributed by atoms with Gasteiger partial charge in [0.2, 0.25) is 10.0 Å². The number of hydrogen-bond donors (Lipinski definition) is 2. The van der Waals surface area contributed by atoms with Crippen LogP contribution >= 0.6 is 0 Å². The summed E-state index contributed by atoms with van der Waals surface area (Å²) in [6.45, 7) is 5.14. The number of likely N-dealkylation sites (N-methyl/N-ethyl adjacent to an activating group) is 1. The molecule has 2 aromatic carbocycles. The molecule has 7 nitrogen and oxygen atoms in total. The highest BCUT2D eigenvalue weighted by atomic mass is 32.2. The number of sulfonamides is 1. The molecule has 4 rings (SSSR count). The Bertz CT molecular complexity index is 1240. The molecule has 1 saturated heterocycles. The number of aliphatic hydroxyl groups excluding tert-OH is 1. The lowest BCUT2D eigenvalue weighted by molar-refractivity contribution is 0.0759. The van der Waals surface area contributed by atoms with Crippen molar-refractivity contribution in [1.29, 1.82) is 0 Å². The maximum Gasteiger partial charge on any atom is 0.299 e. The molecule has 194 valence electrons. The Hall–Kier alpha value is -2.75. The van der Waals surface area contributed by atoms with E-state index in [-0.39, 0.29) is 31.0 Å². The van der Waals surface area contributed by atoms with Crippen molar-refractivity contribution in [1.82, 2.24) is 9.62 Å². The zero-order valence-electron chi connectivity index (χ0n) is 20.9. The molecular weight excluding hydrogens is 481 g/mol. The highest BCUT2D eigenvalue weighted by Gasteiger charge is 2.47. The highest BCUT2D eigenvalue weighted by Crippen LogP contribution is 2.31. The number of rotatable bonds is 7. The van der Waals surface area contributed by atoms with Gasteiger partial charge in [0.25, 0.3) is 6.02 Å². The van der Waals surface area contributed by atoms with Gasteiger partial charge in [0, 0.05) is 25.3 Å². The van der Waals surface area contributed by atoms with Crippen molar-refractivity contribution < 1.29 is 22.7 Å². The van der Waals surface area contributed by atoms with E-state index in [4.69, 9.17) is 4.74 Å². The lowest BCUT2D eigenvalue weighted by atomic mass is 9.94. The largest absolute Gasteiger partial charge is 0.457 e. The van der Waals surface area contributed by atoms with Gasteiger partial charge in [-0.15, -0.1) is 0 Å². The van der Waals surface area contributed by atoms with Crippen molar-refractivity contribution in [3.8, 4) is 0 Å². The van der Waals surface area contributed by atoms with E-state index in [1.807, 2.05) is 24.3 Å². The van der Waals surface area contributed by atoms with E-state index in [0.717, 1.165) is 30.6 Å². The molecule has 0 aromatic heterocycles. The molecular formula is C27H34FN3O4S. The second-order valence-corrected chi connectivity index (χ2v) is 11.8. The van der Waals surface area contributed by atoms with Gasteiger partial charge < -0.3 is 14.7 Å². The van der Waals surface area contributed by atoms with E-state index in [2.05, 4.69) is 27.7 Å². The van der Waals surface area contributed by atoms with Crippen LogP contribution in [0, 0.1) is 5.82 Å². The van der Waals surface area contributed by atoms with Crippen molar-refractivity contribution >= 4 is 21.6 Å². The summed E-state index contributed by atoms with van der Waals surface area (Å²) in [5.74, 6) is -0.476. The predicted molar refractivity (Wildman–Crippen MR) is 140 cm³/mol. The molecule has 2 N–H and O–H groups in total. The summed E-state index contributed by atoms with van der Waals surface area (Å²) in [5, 5.41) is 8.61. The number of amidine groups is 1. The fourth-order valence-electron chi connectivity index (χ4n) is 4.71. The van der Waals surface area contributed by atoms with Gasteiger partial charge >= 0.3 is 0 Å². The van der Waals surface area contributed by atoms with Gasteiger partial charge in [0.15, 0.2) is 0 Å². The SMILES string of the molecule is CN1CC=C(c2ccc(CC3C(C)(C)OC(=NC(CCO)c4ccccc4F)NS3(=O)=O)cc2)CC1. The topological polar surface area (TPSA) is 91.2 Å². The van der Waals surface area contributed by atoms with Crippen molar-refractivity contribution in [2.45, 2.75) is 50.0 Å². The first-order valence-electron chi connectivity index (χ1n) is 12.2. The summed E-state index contributed by atoms with van der Waals surface area (Å²) < 4.78 is 49.4. The van der Waals surface area contributed by atoms with Crippen LogP contribution in [-0.4, -0.2) is 62.0 Å². The Morgan fingerprint density at radius 2 is 1.94 bits per heavy atom. The standard InChI is InChI=1S/C27H34FN3O4S/c1-27(2)25(18-19-8-10-20(11-9-19)21-12-15-31(3)16-13-21)36(33,34)30-26(35-27)29-24(14-17-32)22-6-4-5-7-23(22)28/h4-12,24-25,32H,13-18H2,1-3H3,(H,29,30). The van der Waals surface area contributed by atoms with Crippen LogP contribution < -0.4 is 4.72 Å². The molecule has 2 aliphatic heterocycles. The van der Waals surface area contributed by atoms with E-state index in [0.29, 0.717) is 0 Å². The fourth-order valence-corrected chi connectivity index (χ4v) is 6.40. The van der Waals surface area contributed by atoms with Gasteiger partial charge in [0.05, 0.1) is 6.04 Å². The lowest BCUT2D eigenvalue weighted by Crippen LogP contribution is -2.59. The number of benzene rings is 2. The Morgan fingerprint density at radius 3 is 2.56 bits per heavy atom. The van der Waals surface area contributed by atoms with Crippen LogP contribution in [0.3, 0.4) is 0 Å². The number of aliphatic hydroxyl groups is 1. The second kappa shape index (κ2) is 10.7. The van der Waals surface area contributed by atoms with Gasteiger partial charge in [-0.25, -0.2) is 22.5 Å². The predicted octanol–water partition coefficient (Wildman–Crippen LogP) is 3.66. The van der Waals surface area contributed by atoms with E-state index in [9.17, 15) is 17.9 Å². The molecule has 0 spiro atoms. The van der Waals surface area contributed by atoms with Gasteiger partial charge in [-0.2, -0.15) is 0 Å². The molecule has 0 aliphatic carbocycles. The Morgan fingerprint density at radius 1 is 1.22 bits per heavy atom. The molecule has 0 bridgehead atoms. The van der Waals surface area contributed by atoms with Crippen molar-refractivity contribution in [3.05, 3.63) is 77.1 Å². The van der Waals surface area contributed by atoms with Crippen LogP contribution in [0.4, 0.5) is 4.39 Å². The van der Waals surface area contributed by atoms with Crippen LogP contribution in [0.25, 0.3) is 5.57 Å². The third-order valence-electron chi connectivity index (χ3n) is 6.84. The summed E-state index contributed by atoms with van der Waals surface area (Å²) in [7, 11) is -1.75. The van der Waals surface area contributed by atoms with Crippen LogP contribution in [0.1, 0.15) is 49.4 Å². The molecule has 1 fully saturated rings. The van der Waals surface area contributed by atoms with E-state index >= 15 is 0 Å². The van der Waals surface area contributed by atoms with Crippen LogP contribution in [0.15, 0.2) is 59.6 Å². The molecule has 2 heterocycles. The Labute approximate surface area is 212 Å². The van der Waals surface area contributed by atoms with Crippen molar-refractivity contribution in [3.63, 3.8) is 0 Å². The molecule has 0 amide bonds. The molecule has 9 heteroatoms. The first-order valence-corrected chi connectivity index (χ1v) is 13.7. The first-order chi connectivity index (χ1) is 17.1. The summed E-state index contributed by atoms with van der Waals surface area (Å²) in [6.07, 6.45) is 3.62.